The van der Waals surface area contributed by atoms with Crippen LogP contribution in [0.3, 0.4) is 0 Å². The van der Waals surface area contributed by atoms with E-state index in [1.165, 1.54) is 6.92 Å². The monoisotopic (exact) mass is 347 g/mol. The molecule has 1 aromatic carbocycles. The topological polar surface area (TPSA) is 79.5 Å². The van der Waals surface area contributed by atoms with Crippen molar-refractivity contribution in [1.29, 1.82) is 0 Å². The van der Waals surface area contributed by atoms with Crippen molar-refractivity contribution in [3.63, 3.8) is 0 Å². The summed E-state index contributed by atoms with van der Waals surface area (Å²) in [5.74, 6) is -0.373. The molecule has 1 aromatic rings. The molecule has 2 rings (SSSR count). The summed E-state index contributed by atoms with van der Waals surface area (Å²) in [5.41, 5.74) is 1.01. The molecule has 0 aromatic heterocycles. The van der Waals surface area contributed by atoms with Crippen LogP contribution < -0.4 is 16.0 Å². The molecule has 0 spiro atoms. The van der Waals surface area contributed by atoms with E-state index >= 15 is 0 Å². The van der Waals surface area contributed by atoms with Crippen molar-refractivity contribution in [2.45, 2.75) is 19.4 Å². The van der Waals surface area contributed by atoms with Crippen LogP contribution in [0.25, 0.3) is 0 Å². The fraction of sp³-hybridized carbons (Fsp3) is 0.429. The van der Waals surface area contributed by atoms with E-state index in [1.54, 1.807) is 18.2 Å². The van der Waals surface area contributed by atoms with Crippen LogP contribution in [0.1, 0.15) is 13.3 Å². The number of halogens is 2. The van der Waals surface area contributed by atoms with E-state index in [2.05, 4.69) is 16.0 Å². The lowest BCUT2D eigenvalue weighted by Gasteiger charge is -2.23. The average molecular weight is 348 g/mol. The largest absolute Gasteiger partial charge is 0.378 e. The van der Waals surface area contributed by atoms with Crippen LogP contribution in [0.2, 0.25) is 5.02 Å². The Kier molecular flexibility index (Phi) is 7.61. The van der Waals surface area contributed by atoms with E-state index in [0.717, 1.165) is 6.54 Å². The molecule has 2 amide bonds. The molecule has 1 fully saturated rings. The molecule has 1 aliphatic heterocycles. The maximum absolute atomic E-state index is 12.1. The Bertz CT molecular complexity index is 534. The van der Waals surface area contributed by atoms with Crippen LogP contribution in [0.5, 0.6) is 0 Å². The molecule has 122 valence electrons. The maximum Gasteiger partial charge on any atom is 0.226 e. The van der Waals surface area contributed by atoms with Gasteiger partial charge in [0.1, 0.15) is 0 Å². The van der Waals surface area contributed by atoms with Gasteiger partial charge in [-0.3, -0.25) is 9.59 Å². The second-order valence-corrected chi connectivity index (χ2v) is 5.29. The van der Waals surface area contributed by atoms with Gasteiger partial charge in [-0.05, 0) is 18.2 Å². The Morgan fingerprint density at radius 3 is 2.77 bits per heavy atom. The molecule has 1 atom stereocenters. The molecule has 1 unspecified atom stereocenters. The van der Waals surface area contributed by atoms with Gasteiger partial charge < -0.3 is 20.7 Å². The summed E-state index contributed by atoms with van der Waals surface area (Å²) in [6.07, 6.45) is 0.298. The van der Waals surface area contributed by atoms with Crippen molar-refractivity contribution in [3.05, 3.63) is 23.2 Å². The van der Waals surface area contributed by atoms with Gasteiger partial charge in [0.15, 0.2) is 0 Å². The van der Waals surface area contributed by atoms with Crippen LogP contribution in [0.15, 0.2) is 18.2 Å². The quantitative estimate of drug-likeness (QED) is 0.778. The SMILES string of the molecule is CC(=O)Nc1ccc(Cl)cc1NC(=O)CC1COCCN1.Cl. The highest BCUT2D eigenvalue weighted by molar-refractivity contribution is 6.31. The lowest BCUT2D eigenvalue weighted by Crippen LogP contribution is -2.43. The van der Waals surface area contributed by atoms with E-state index in [-0.39, 0.29) is 30.3 Å². The van der Waals surface area contributed by atoms with E-state index in [0.29, 0.717) is 36.0 Å². The van der Waals surface area contributed by atoms with Crippen molar-refractivity contribution in [3.8, 4) is 0 Å². The first-order valence-corrected chi connectivity index (χ1v) is 7.10. The molecule has 1 aliphatic rings. The first-order valence-electron chi connectivity index (χ1n) is 6.72. The highest BCUT2D eigenvalue weighted by Crippen LogP contribution is 2.26. The summed E-state index contributed by atoms with van der Waals surface area (Å²) in [6.45, 7) is 3.33. The normalized spacial score (nSPS) is 17.3. The molecule has 22 heavy (non-hydrogen) atoms. The molecule has 0 radical (unpaired) electrons. The maximum atomic E-state index is 12.1. The second-order valence-electron chi connectivity index (χ2n) is 4.85. The van der Waals surface area contributed by atoms with Crippen molar-refractivity contribution in [2.24, 2.45) is 0 Å². The number of carbonyl (C=O) groups is 2. The molecule has 6 nitrogen and oxygen atoms in total. The molecular weight excluding hydrogens is 329 g/mol. The molecule has 0 bridgehead atoms. The third kappa shape index (κ3) is 5.81. The fourth-order valence-corrected chi connectivity index (χ4v) is 2.27. The Morgan fingerprint density at radius 1 is 1.36 bits per heavy atom. The number of anilines is 2. The molecule has 8 heteroatoms. The standard InChI is InChI=1S/C14H18ClN3O3.ClH/c1-9(19)17-12-3-2-10(15)6-13(12)18-14(20)7-11-8-21-5-4-16-11;/h2-3,6,11,16H,4-5,7-8H2,1H3,(H,17,19)(H,18,20);1H. The summed E-state index contributed by atoms with van der Waals surface area (Å²) in [7, 11) is 0. The zero-order valence-corrected chi connectivity index (χ0v) is 13.7. The molecular formula is C14H19Cl2N3O3. The van der Waals surface area contributed by atoms with Crippen molar-refractivity contribution in [1.82, 2.24) is 5.32 Å². The van der Waals surface area contributed by atoms with Crippen molar-refractivity contribution in [2.75, 3.05) is 30.4 Å². The number of hydrogen-bond acceptors (Lipinski definition) is 4. The predicted molar refractivity (Wildman–Crippen MR) is 88.9 cm³/mol. The van der Waals surface area contributed by atoms with E-state index in [9.17, 15) is 9.59 Å². The summed E-state index contributed by atoms with van der Waals surface area (Å²) in [5, 5.41) is 9.12. The van der Waals surface area contributed by atoms with Crippen LogP contribution >= 0.6 is 24.0 Å². The number of hydrogen-bond donors (Lipinski definition) is 3. The molecule has 0 aliphatic carbocycles. The number of nitrogens with one attached hydrogen (secondary N) is 3. The van der Waals surface area contributed by atoms with Crippen molar-refractivity contribution < 1.29 is 14.3 Å². The summed E-state index contributed by atoms with van der Waals surface area (Å²) < 4.78 is 5.31. The number of morpholine rings is 1. The molecule has 0 saturated carbocycles. The number of rotatable bonds is 4. The third-order valence-electron chi connectivity index (χ3n) is 3.00. The van der Waals surface area contributed by atoms with Gasteiger partial charge in [-0.25, -0.2) is 0 Å². The van der Waals surface area contributed by atoms with Gasteiger partial charge in [0.25, 0.3) is 0 Å². The highest BCUT2D eigenvalue weighted by Gasteiger charge is 2.17. The van der Waals surface area contributed by atoms with Crippen LogP contribution in [0, 0.1) is 0 Å². The Morgan fingerprint density at radius 2 is 2.14 bits per heavy atom. The Hall–Kier alpha value is -1.34. The average Bonchev–Trinajstić information content (AvgIpc) is 2.42. The van der Waals surface area contributed by atoms with Crippen LogP contribution in [0.4, 0.5) is 11.4 Å². The zero-order chi connectivity index (χ0) is 15.2. The zero-order valence-electron chi connectivity index (χ0n) is 12.1. The third-order valence-corrected chi connectivity index (χ3v) is 3.23. The highest BCUT2D eigenvalue weighted by atomic mass is 35.5. The van der Waals surface area contributed by atoms with Gasteiger partial charge in [0, 0.05) is 31.0 Å². The van der Waals surface area contributed by atoms with Gasteiger partial charge in [-0.2, -0.15) is 0 Å². The van der Waals surface area contributed by atoms with E-state index in [4.69, 9.17) is 16.3 Å². The lowest BCUT2D eigenvalue weighted by molar-refractivity contribution is -0.117. The van der Waals surface area contributed by atoms with Gasteiger partial charge in [0.2, 0.25) is 11.8 Å². The predicted octanol–water partition coefficient (Wildman–Crippen LogP) is 2.04. The Balaban J connectivity index is 0.00000242. The fourth-order valence-electron chi connectivity index (χ4n) is 2.09. The lowest BCUT2D eigenvalue weighted by atomic mass is 10.2. The second kappa shape index (κ2) is 8.95. The van der Waals surface area contributed by atoms with Crippen LogP contribution in [-0.4, -0.2) is 37.6 Å². The van der Waals surface area contributed by atoms with Gasteiger partial charge >= 0.3 is 0 Å². The number of amides is 2. The Labute approximate surface area is 140 Å². The minimum atomic E-state index is -0.213. The van der Waals surface area contributed by atoms with Crippen LogP contribution in [-0.2, 0) is 14.3 Å². The molecule has 1 saturated heterocycles. The van der Waals surface area contributed by atoms with Gasteiger partial charge in [-0.1, -0.05) is 11.6 Å². The van der Waals surface area contributed by atoms with E-state index in [1.807, 2.05) is 0 Å². The number of carbonyl (C=O) groups excluding carboxylic acids is 2. The summed E-state index contributed by atoms with van der Waals surface area (Å²) >= 11 is 5.93. The molecule has 3 N–H and O–H groups in total. The smallest absolute Gasteiger partial charge is 0.226 e. The van der Waals surface area contributed by atoms with E-state index < -0.39 is 0 Å². The number of ether oxygens (including phenoxy) is 1. The summed E-state index contributed by atoms with van der Waals surface area (Å²) in [4.78, 5) is 23.2. The van der Waals surface area contributed by atoms with Gasteiger partial charge in [0.05, 0.1) is 24.6 Å². The minimum absolute atomic E-state index is 0. The first-order chi connectivity index (χ1) is 10.0. The first kappa shape index (κ1) is 18.7. The minimum Gasteiger partial charge on any atom is -0.378 e. The molecule has 1 heterocycles. The van der Waals surface area contributed by atoms with Crippen molar-refractivity contribution >= 4 is 47.2 Å². The summed E-state index contributed by atoms with van der Waals surface area (Å²) in [6, 6.07) is 4.91. The number of benzene rings is 1. The van der Waals surface area contributed by atoms with Gasteiger partial charge in [-0.15, -0.1) is 12.4 Å².